The summed E-state index contributed by atoms with van der Waals surface area (Å²) in [5, 5.41) is 3.84. The molecule has 2 aliphatic rings. The number of carbonyl (C=O) groups is 3. The summed E-state index contributed by atoms with van der Waals surface area (Å²) in [4.78, 5) is 43.2. The topological polar surface area (TPSA) is 87.0 Å². The van der Waals surface area contributed by atoms with E-state index in [9.17, 15) is 14.4 Å². The number of aromatic nitrogens is 1. The van der Waals surface area contributed by atoms with Crippen molar-refractivity contribution in [2.45, 2.75) is 40.2 Å². The lowest BCUT2D eigenvalue weighted by atomic mass is 10.1. The summed E-state index contributed by atoms with van der Waals surface area (Å²) in [6, 6.07) is -0.475. The number of piperazine rings is 1. The Labute approximate surface area is 153 Å². The maximum atomic E-state index is 12.9. The van der Waals surface area contributed by atoms with E-state index in [0.29, 0.717) is 55.5 Å². The van der Waals surface area contributed by atoms with E-state index in [1.54, 1.807) is 28.5 Å². The van der Waals surface area contributed by atoms with Crippen molar-refractivity contribution in [2.75, 3.05) is 32.7 Å². The van der Waals surface area contributed by atoms with E-state index in [0.717, 1.165) is 0 Å². The van der Waals surface area contributed by atoms with E-state index < -0.39 is 6.04 Å². The zero-order valence-corrected chi connectivity index (χ0v) is 15.8. The predicted molar refractivity (Wildman–Crippen MR) is 93.4 cm³/mol. The number of amides is 3. The van der Waals surface area contributed by atoms with Gasteiger partial charge in [0.15, 0.2) is 0 Å². The first-order valence-corrected chi connectivity index (χ1v) is 9.10. The molecular weight excluding hydrogens is 336 g/mol. The Balaban J connectivity index is 1.76. The molecule has 26 heavy (non-hydrogen) atoms. The molecular formula is C18H26N4O4. The summed E-state index contributed by atoms with van der Waals surface area (Å²) in [5.74, 6) is 0.596. The van der Waals surface area contributed by atoms with Crippen molar-refractivity contribution in [3.05, 3.63) is 17.0 Å². The van der Waals surface area contributed by atoms with Crippen molar-refractivity contribution in [2.24, 2.45) is 5.92 Å². The van der Waals surface area contributed by atoms with Gasteiger partial charge in [-0.15, -0.1) is 0 Å². The number of aryl methyl sites for hydroxylation is 2. The monoisotopic (exact) mass is 362 g/mol. The van der Waals surface area contributed by atoms with Crippen LogP contribution in [0.15, 0.2) is 4.52 Å². The van der Waals surface area contributed by atoms with Crippen LogP contribution in [-0.2, 0) is 9.59 Å². The Morgan fingerprint density at radius 2 is 1.96 bits per heavy atom. The van der Waals surface area contributed by atoms with Crippen molar-refractivity contribution in [1.82, 2.24) is 19.9 Å². The summed E-state index contributed by atoms with van der Waals surface area (Å²) < 4.78 is 5.10. The molecule has 3 amide bonds. The first-order chi connectivity index (χ1) is 12.3. The molecule has 8 heteroatoms. The minimum Gasteiger partial charge on any atom is -0.361 e. The summed E-state index contributed by atoms with van der Waals surface area (Å²) in [5.41, 5.74) is 1.04. The summed E-state index contributed by atoms with van der Waals surface area (Å²) in [7, 11) is 0. The summed E-state index contributed by atoms with van der Waals surface area (Å²) in [6.07, 6.45) is 0.453. The van der Waals surface area contributed by atoms with Crippen LogP contribution in [0.1, 0.15) is 42.1 Å². The van der Waals surface area contributed by atoms with Gasteiger partial charge in [0, 0.05) is 26.2 Å². The van der Waals surface area contributed by atoms with Crippen LogP contribution >= 0.6 is 0 Å². The summed E-state index contributed by atoms with van der Waals surface area (Å²) in [6.45, 7) is 9.43. The van der Waals surface area contributed by atoms with E-state index >= 15 is 0 Å². The van der Waals surface area contributed by atoms with E-state index in [4.69, 9.17) is 4.52 Å². The van der Waals surface area contributed by atoms with Gasteiger partial charge < -0.3 is 19.2 Å². The van der Waals surface area contributed by atoms with Crippen LogP contribution in [0.3, 0.4) is 0 Å². The third-order valence-corrected chi connectivity index (χ3v) is 5.02. The van der Waals surface area contributed by atoms with Gasteiger partial charge in [-0.2, -0.15) is 0 Å². The van der Waals surface area contributed by atoms with Crippen molar-refractivity contribution >= 4 is 17.7 Å². The molecule has 0 bridgehead atoms. The molecule has 1 atom stereocenters. The smallest absolute Gasteiger partial charge is 0.259 e. The molecule has 0 aliphatic carbocycles. The van der Waals surface area contributed by atoms with Crippen molar-refractivity contribution in [3.8, 4) is 0 Å². The van der Waals surface area contributed by atoms with Gasteiger partial charge in [0.1, 0.15) is 17.4 Å². The molecule has 1 unspecified atom stereocenters. The van der Waals surface area contributed by atoms with Gasteiger partial charge in [0.05, 0.1) is 12.2 Å². The lowest BCUT2D eigenvalue weighted by Crippen LogP contribution is -2.60. The lowest BCUT2D eigenvalue weighted by Gasteiger charge is -2.39. The molecule has 0 N–H and O–H groups in total. The molecule has 0 saturated carbocycles. The molecule has 0 spiro atoms. The Kier molecular flexibility index (Phi) is 5.02. The number of rotatable bonds is 3. The van der Waals surface area contributed by atoms with Crippen LogP contribution in [0.5, 0.6) is 0 Å². The van der Waals surface area contributed by atoms with Crippen LogP contribution in [0.2, 0.25) is 0 Å². The minimum atomic E-state index is -0.475. The van der Waals surface area contributed by atoms with Crippen LogP contribution in [0.25, 0.3) is 0 Å². The SMILES string of the molecule is Cc1noc(C)c1C(=O)N1CCC2C(=O)N(CC(C)C)CC(=O)N2CC1. The molecule has 3 rings (SSSR count). The molecule has 1 aromatic rings. The van der Waals surface area contributed by atoms with E-state index in [1.807, 2.05) is 13.8 Å². The number of fused-ring (bicyclic) bond motifs is 1. The van der Waals surface area contributed by atoms with Crippen molar-refractivity contribution in [3.63, 3.8) is 0 Å². The maximum absolute atomic E-state index is 12.9. The number of hydrogen-bond donors (Lipinski definition) is 0. The highest BCUT2D eigenvalue weighted by molar-refractivity contribution is 5.97. The van der Waals surface area contributed by atoms with Crippen molar-refractivity contribution < 1.29 is 18.9 Å². The molecule has 1 aromatic heterocycles. The third-order valence-electron chi connectivity index (χ3n) is 5.02. The molecule has 0 radical (unpaired) electrons. The second kappa shape index (κ2) is 7.09. The number of hydrogen-bond acceptors (Lipinski definition) is 5. The quantitative estimate of drug-likeness (QED) is 0.795. The normalized spacial score (nSPS) is 21.3. The van der Waals surface area contributed by atoms with Gasteiger partial charge >= 0.3 is 0 Å². The fourth-order valence-corrected chi connectivity index (χ4v) is 3.77. The standard InChI is InChI=1S/C18H26N4O4/c1-11(2)9-21-10-15(23)22-8-7-20(6-5-14(22)17(21)24)18(25)16-12(3)19-26-13(16)4/h11,14H,5-10H2,1-4H3. The van der Waals surface area contributed by atoms with E-state index in [2.05, 4.69) is 5.16 Å². The first-order valence-electron chi connectivity index (χ1n) is 9.10. The van der Waals surface area contributed by atoms with Gasteiger partial charge in [-0.05, 0) is 26.2 Å². The van der Waals surface area contributed by atoms with E-state index in [1.165, 1.54) is 0 Å². The first kappa shape index (κ1) is 18.4. The fourth-order valence-electron chi connectivity index (χ4n) is 3.77. The van der Waals surface area contributed by atoms with Crippen LogP contribution < -0.4 is 0 Å². The van der Waals surface area contributed by atoms with Gasteiger partial charge in [-0.25, -0.2) is 0 Å². The maximum Gasteiger partial charge on any atom is 0.259 e. The van der Waals surface area contributed by atoms with Crippen molar-refractivity contribution in [1.29, 1.82) is 0 Å². The van der Waals surface area contributed by atoms with Gasteiger partial charge in [0.2, 0.25) is 11.8 Å². The molecule has 8 nitrogen and oxygen atoms in total. The highest BCUT2D eigenvalue weighted by Gasteiger charge is 2.41. The van der Waals surface area contributed by atoms with Crippen LogP contribution in [0, 0.1) is 19.8 Å². The highest BCUT2D eigenvalue weighted by atomic mass is 16.5. The Morgan fingerprint density at radius 1 is 1.23 bits per heavy atom. The molecule has 2 saturated heterocycles. The molecule has 0 aromatic carbocycles. The minimum absolute atomic E-state index is 0.00932. The Bertz CT molecular complexity index is 707. The second-order valence-corrected chi connectivity index (χ2v) is 7.50. The molecule has 2 aliphatic heterocycles. The Morgan fingerprint density at radius 3 is 2.58 bits per heavy atom. The van der Waals surface area contributed by atoms with E-state index in [-0.39, 0.29) is 24.3 Å². The number of carbonyl (C=O) groups excluding carboxylic acids is 3. The van der Waals surface area contributed by atoms with Crippen LogP contribution in [-0.4, -0.2) is 76.3 Å². The third kappa shape index (κ3) is 3.32. The lowest BCUT2D eigenvalue weighted by molar-refractivity contribution is -0.156. The molecule has 2 fully saturated rings. The second-order valence-electron chi connectivity index (χ2n) is 7.50. The molecule has 142 valence electrons. The largest absolute Gasteiger partial charge is 0.361 e. The summed E-state index contributed by atoms with van der Waals surface area (Å²) >= 11 is 0. The zero-order chi connectivity index (χ0) is 19.0. The predicted octanol–water partition coefficient (Wildman–Crippen LogP) is 0.833. The van der Waals surface area contributed by atoms with Crippen LogP contribution in [0.4, 0.5) is 0 Å². The average Bonchev–Trinajstić information content (AvgIpc) is 2.79. The zero-order valence-electron chi connectivity index (χ0n) is 15.8. The average molecular weight is 362 g/mol. The highest BCUT2D eigenvalue weighted by Crippen LogP contribution is 2.22. The fraction of sp³-hybridized carbons (Fsp3) is 0.667. The van der Waals surface area contributed by atoms with Gasteiger partial charge in [-0.1, -0.05) is 19.0 Å². The van der Waals surface area contributed by atoms with Gasteiger partial charge in [0.25, 0.3) is 5.91 Å². The van der Waals surface area contributed by atoms with Gasteiger partial charge in [-0.3, -0.25) is 14.4 Å². The Hall–Kier alpha value is -2.38. The molecule has 3 heterocycles. The number of nitrogens with zero attached hydrogens (tertiary/aromatic N) is 4.